The van der Waals surface area contributed by atoms with Crippen molar-refractivity contribution < 1.29 is 9.59 Å². The second kappa shape index (κ2) is 7.23. The largest absolute Gasteiger partial charge is 0.358 e. The van der Waals surface area contributed by atoms with Crippen LogP contribution in [0.2, 0.25) is 5.02 Å². The van der Waals surface area contributed by atoms with Crippen LogP contribution < -0.4 is 10.6 Å². The van der Waals surface area contributed by atoms with Gasteiger partial charge in [0.25, 0.3) is 5.91 Å². The molecule has 1 aromatic carbocycles. The fourth-order valence-corrected chi connectivity index (χ4v) is 3.17. The lowest BCUT2D eigenvalue weighted by molar-refractivity contribution is -0.122. The standard InChI is InChI=1S/C17H21ClN4O2/c1-19-16(23)10-22-6-4-13(5-7-22)20-17(24)15-8-11-2-3-12(18)9-14(11)21-15/h2-3,8-9,13,21H,4-7,10H2,1H3,(H,19,23)(H,20,24). The van der Waals surface area contributed by atoms with Gasteiger partial charge in [-0.05, 0) is 31.0 Å². The summed E-state index contributed by atoms with van der Waals surface area (Å²) < 4.78 is 0. The molecule has 2 amide bonds. The Hall–Kier alpha value is -2.05. The van der Waals surface area contributed by atoms with E-state index in [0.29, 0.717) is 17.3 Å². The highest BCUT2D eigenvalue weighted by molar-refractivity contribution is 6.31. The lowest BCUT2D eigenvalue weighted by atomic mass is 10.0. The summed E-state index contributed by atoms with van der Waals surface area (Å²) in [6, 6.07) is 7.48. The smallest absolute Gasteiger partial charge is 0.267 e. The summed E-state index contributed by atoms with van der Waals surface area (Å²) >= 11 is 5.97. The summed E-state index contributed by atoms with van der Waals surface area (Å²) in [5.74, 6) is -0.0821. The first-order valence-corrected chi connectivity index (χ1v) is 8.45. The predicted molar refractivity (Wildman–Crippen MR) is 94.3 cm³/mol. The molecule has 0 spiro atoms. The number of likely N-dealkylation sites (tertiary alicyclic amines) is 1. The molecule has 2 heterocycles. The second-order valence-electron chi connectivity index (χ2n) is 6.11. The van der Waals surface area contributed by atoms with Crippen LogP contribution in [0.25, 0.3) is 10.9 Å². The molecule has 0 saturated carbocycles. The first-order valence-electron chi connectivity index (χ1n) is 8.07. The van der Waals surface area contributed by atoms with E-state index in [4.69, 9.17) is 11.6 Å². The number of benzene rings is 1. The molecule has 0 unspecified atom stereocenters. The maximum absolute atomic E-state index is 12.4. The van der Waals surface area contributed by atoms with E-state index in [2.05, 4.69) is 20.5 Å². The number of likely N-dealkylation sites (N-methyl/N-ethyl adjacent to an activating group) is 1. The number of carbonyl (C=O) groups excluding carboxylic acids is 2. The van der Waals surface area contributed by atoms with E-state index in [0.717, 1.165) is 36.8 Å². The summed E-state index contributed by atoms with van der Waals surface area (Å²) in [6.45, 7) is 2.03. The van der Waals surface area contributed by atoms with Crippen LogP contribution in [0.5, 0.6) is 0 Å². The van der Waals surface area contributed by atoms with Gasteiger partial charge in [0, 0.05) is 42.1 Å². The van der Waals surface area contributed by atoms with Gasteiger partial charge >= 0.3 is 0 Å². The molecule has 0 bridgehead atoms. The van der Waals surface area contributed by atoms with Crippen LogP contribution in [-0.2, 0) is 4.79 Å². The molecule has 2 aromatic rings. The minimum Gasteiger partial charge on any atom is -0.358 e. The van der Waals surface area contributed by atoms with Gasteiger partial charge in [0.1, 0.15) is 5.69 Å². The number of aromatic nitrogens is 1. The molecule has 1 saturated heterocycles. The van der Waals surface area contributed by atoms with Crippen molar-refractivity contribution in [3.63, 3.8) is 0 Å². The molecule has 1 aliphatic heterocycles. The molecule has 1 aromatic heterocycles. The van der Waals surface area contributed by atoms with E-state index in [1.807, 2.05) is 24.3 Å². The second-order valence-corrected chi connectivity index (χ2v) is 6.55. The maximum atomic E-state index is 12.4. The van der Waals surface area contributed by atoms with Crippen molar-refractivity contribution >= 4 is 34.3 Å². The van der Waals surface area contributed by atoms with Gasteiger partial charge < -0.3 is 15.6 Å². The highest BCUT2D eigenvalue weighted by Gasteiger charge is 2.22. The van der Waals surface area contributed by atoms with Crippen LogP contribution >= 0.6 is 11.6 Å². The molecule has 1 aliphatic rings. The Balaban J connectivity index is 1.56. The van der Waals surface area contributed by atoms with Gasteiger partial charge in [0.2, 0.25) is 5.91 Å². The number of carbonyl (C=O) groups is 2. The van der Waals surface area contributed by atoms with E-state index >= 15 is 0 Å². The number of hydrogen-bond donors (Lipinski definition) is 3. The van der Waals surface area contributed by atoms with E-state index in [-0.39, 0.29) is 17.9 Å². The van der Waals surface area contributed by atoms with Gasteiger partial charge in [-0.15, -0.1) is 0 Å². The monoisotopic (exact) mass is 348 g/mol. The molecule has 0 aliphatic carbocycles. The first-order chi connectivity index (χ1) is 11.5. The molecule has 0 atom stereocenters. The van der Waals surface area contributed by atoms with Crippen molar-refractivity contribution in [2.75, 3.05) is 26.7 Å². The molecule has 3 rings (SSSR count). The summed E-state index contributed by atoms with van der Waals surface area (Å²) in [6.07, 6.45) is 1.68. The highest BCUT2D eigenvalue weighted by Crippen LogP contribution is 2.20. The number of piperidine rings is 1. The molecule has 24 heavy (non-hydrogen) atoms. The van der Waals surface area contributed by atoms with Gasteiger partial charge in [0.15, 0.2) is 0 Å². The third-order valence-corrected chi connectivity index (χ3v) is 4.63. The van der Waals surface area contributed by atoms with Crippen LogP contribution in [0.1, 0.15) is 23.3 Å². The van der Waals surface area contributed by atoms with Gasteiger partial charge in [-0.2, -0.15) is 0 Å². The zero-order valence-corrected chi connectivity index (χ0v) is 14.3. The lowest BCUT2D eigenvalue weighted by Crippen LogP contribution is -2.47. The average Bonchev–Trinajstić information content (AvgIpc) is 2.99. The Bertz CT molecular complexity index is 750. The summed E-state index contributed by atoms with van der Waals surface area (Å²) in [5, 5.41) is 7.30. The van der Waals surface area contributed by atoms with Crippen LogP contribution in [0, 0.1) is 0 Å². The highest BCUT2D eigenvalue weighted by atomic mass is 35.5. The molecule has 128 valence electrons. The van der Waals surface area contributed by atoms with Crippen molar-refractivity contribution in [2.24, 2.45) is 0 Å². The molecular formula is C17H21ClN4O2. The topological polar surface area (TPSA) is 77.2 Å². The predicted octanol–water partition coefficient (Wildman–Crippen LogP) is 1.76. The number of rotatable bonds is 4. The van der Waals surface area contributed by atoms with Crippen molar-refractivity contribution in [2.45, 2.75) is 18.9 Å². The minimum absolute atomic E-state index is 0.0224. The Morgan fingerprint density at radius 1 is 1.29 bits per heavy atom. The van der Waals surface area contributed by atoms with Gasteiger partial charge in [-0.3, -0.25) is 14.5 Å². The van der Waals surface area contributed by atoms with E-state index in [1.54, 1.807) is 7.05 Å². The number of nitrogens with one attached hydrogen (secondary N) is 3. The minimum atomic E-state index is -0.105. The number of halogens is 1. The zero-order valence-electron chi connectivity index (χ0n) is 13.6. The fraction of sp³-hybridized carbons (Fsp3) is 0.412. The van der Waals surface area contributed by atoms with Crippen molar-refractivity contribution in [3.05, 3.63) is 35.0 Å². The molecule has 6 nitrogen and oxygen atoms in total. The number of H-pyrrole nitrogens is 1. The normalized spacial score (nSPS) is 16.2. The molecule has 3 N–H and O–H groups in total. The molecule has 0 radical (unpaired) electrons. The molecule has 1 fully saturated rings. The summed E-state index contributed by atoms with van der Waals surface area (Å²) in [7, 11) is 1.64. The van der Waals surface area contributed by atoms with Crippen molar-refractivity contribution in [1.82, 2.24) is 20.5 Å². The Labute approximate surface area is 145 Å². The number of nitrogens with zero attached hydrogens (tertiary/aromatic N) is 1. The average molecular weight is 349 g/mol. The number of amides is 2. The number of fused-ring (bicyclic) bond motifs is 1. The first kappa shape index (κ1) is 16.8. The number of hydrogen-bond acceptors (Lipinski definition) is 3. The Morgan fingerprint density at radius 3 is 2.75 bits per heavy atom. The van der Waals surface area contributed by atoms with Crippen molar-refractivity contribution in [1.29, 1.82) is 0 Å². The van der Waals surface area contributed by atoms with Gasteiger partial charge in [-0.1, -0.05) is 17.7 Å². The number of aromatic amines is 1. The summed E-state index contributed by atoms with van der Waals surface area (Å²) in [5.41, 5.74) is 1.40. The Kier molecular flexibility index (Phi) is 5.06. The maximum Gasteiger partial charge on any atom is 0.267 e. The van der Waals surface area contributed by atoms with Crippen LogP contribution in [-0.4, -0.2) is 54.4 Å². The fourth-order valence-electron chi connectivity index (χ4n) is 3.00. The quantitative estimate of drug-likeness (QED) is 0.788. The van der Waals surface area contributed by atoms with Crippen LogP contribution in [0.3, 0.4) is 0 Å². The van der Waals surface area contributed by atoms with E-state index in [9.17, 15) is 9.59 Å². The van der Waals surface area contributed by atoms with E-state index < -0.39 is 0 Å². The molecular weight excluding hydrogens is 328 g/mol. The van der Waals surface area contributed by atoms with Gasteiger partial charge in [-0.25, -0.2) is 0 Å². The third kappa shape index (κ3) is 3.88. The molecule has 7 heteroatoms. The summed E-state index contributed by atoms with van der Waals surface area (Å²) in [4.78, 5) is 29.0. The van der Waals surface area contributed by atoms with Gasteiger partial charge in [0.05, 0.1) is 6.54 Å². The third-order valence-electron chi connectivity index (χ3n) is 4.40. The van der Waals surface area contributed by atoms with E-state index in [1.165, 1.54) is 0 Å². The lowest BCUT2D eigenvalue weighted by Gasteiger charge is -2.31. The van der Waals surface area contributed by atoms with Crippen LogP contribution in [0.15, 0.2) is 24.3 Å². The Morgan fingerprint density at radius 2 is 2.04 bits per heavy atom. The SMILES string of the molecule is CNC(=O)CN1CCC(NC(=O)c2cc3ccc(Cl)cc3[nH]2)CC1. The van der Waals surface area contributed by atoms with Crippen molar-refractivity contribution in [3.8, 4) is 0 Å². The zero-order chi connectivity index (χ0) is 17.1. The van der Waals surface area contributed by atoms with Crippen LogP contribution in [0.4, 0.5) is 0 Å².